The van der Waals surface area contributed by atoms with Crippen molar-refractivity contribution in [2.75, 3.05) is 20.6 Å². The molecule has 1 saturated carbocycles. The summed E-state index contributed by atoms with van der Waals surface area (Å²) in [5.41, 5.74) is 3.01. The van der Waals surface area contributed by atoms with E-state index in [1.165, 1.54) is 11.1 Å². The first-order valence-corrected chi connectivity index (χ1v) is 7.92. The van der Waals surface area contributed by atoms with E-state index in [0.717, 1.165) is 49.6 Å². The molecule has 1 unspecified atom stereocenters. The minimum atomic E-state index is -0.540. The molecule has 22 heavy (non-hydrogen) atoms. The number of benzene rings is 1. The van der Waals surface area contributed by atoms with E-state index in [2.05, 4.69) is 31.1 Å². The molecule has 1 heterocycles. The highest BCUT2D eigenvalue weighted by molar-refractivity contribution is 5.85. The van der Waals surface area contributed by atoms with Crippen LogP contribution in [0.1, 0.15) is 36.8 Å². The third-order valence-corrected chi connectivity index (χ3v) is 5.59. The summed E-state index contributed by atoms with van der Waals surface area (Å²) in [6.45, 7) is 0.917. The summed E-state index contributed by atoms with van der Waals surface area (Å²) in [4.78, 5) is 2.22. The fourth-order valence-corrected chi connectivity index (χ4v) is 4.64. The lowest BCUT2D eigenvalue weighted by Crippen LogP contribution is -2.61. The number of aliphatic hydroxyl groups is 1. The Labute approximate surface area is 137 Å². The summed E-state index contributed by atoms with van der Waals surface area (Å²) in [6.07, 6.45) is 6.88. The Bertz CT molecular complexity index is 687. The van der Waals surface area contributed by atoms with Crippen molar-refractivity contribution in [3.8, 4) is 0 Å². The van der Waals surface area contributed by atoms with Crippen LogP contribution in [-0.4, -0.2) is 36.2 Å². The molecule has 2 aliphatic rings. The minimum absolute atomic E-state index is 0. The molecule has 2 aromatic rings. The molecule has 1 atom stereocenters. The van der Waals surface area contributed by atoms with Crippen molar-refractivity contribution in [2.45, 2.75) is 43.1 Å². The lowest BCUT2D eigenvalue weighted by molar-refractivity contribution is -0.0562. The molecule has 0 saturated heterocycles. The summed E-state index contributed by atoms with van der Waals surface area (Å²) in [5, 5.41) is 12.5. The van der Waals surface area contributed by atoms with Crippen LogP contribution in [0.4, 0.5) is 0 Å². The standard InChI is InChI=1S/C18H23NO2.ClH/c1-19(2)12-17(18(20)6-3-4-7-18)11-14-10-16-13(5-8-21-16)9-15(14)17;/h5,8-10,20H,3-4,6-7,11-12H2,1-2H3;1H. The van der Waals surface area contributed by atoms with E-state index in [1.807, 2.05) is 6.07 Å². The van der Waals surface area contributed by atoms with E-state index in [-0.39, 0.29) is 17.8 Å². The molecule has 3 nitrogen and oxygen atoms in total. The smallest absolute Gasteiger partial charge is 0.134 e. The molecule has 4 rings (SSSR count). The van der Waals surface area contributed by atoms with E-state index < -0.39 is 5.60 Å². The molecule has 0 radical (unpaired) electrons. The Balaban J connectivity index is 0.00000144. The number of rotatable bonds is 3. The fourth-order valence-electron chi connectivity index (χ4n) is 4.64. The van der Waals surface area contributed by atoms with Crippen LogP contribution in [-0.2, 0) is 11.8 Å². The monoisotopic (exact) mass is 321 g/mol. The lowest BCUT2D eigenvalue weighted by Gasteiger charge is -2.54. The highest BCUT2D eigenvalue weighted by Gasteiger charge is 2.58. The van der Waals surface area contributed by atoms with E-state index in [4.69, 9.17) is 4.42 Å². The lowest BCUT2D eigenvalue weighted by atomic mass is 9.54. The summed E-state index contributed by atoms with van der Waals surface area (Å²) >= 11 is 0. The van der Waals surface area contributed by atoms with Crippen LogP contribution in [0.2, 0.25) is 0 Å². The molecule has 0 spiro atoms. The maximum Gasteiger partial charge on any atom is 0.134 e. The Morgan fingerprint density at radius 2 is 1.95 bits per heavy atom. The van der Waals surface area contributed by atoms with E-state index in [9.17, 15) is 5.11 Å². The van der Waals surface area contributed by atoms with Gasteiger partial charge in [0.25, 0.3) is 0 Å². The average Bonchev–Trinajstić information content (AvgIpc) is 3.04. The van der Waals surface area contributed by atoms with Crippen LogP contribution in [0.3, 0.4) is 0 Å². The van der Waals surface area contributed by atoms with Crippen molar-refractivity contribution < 1.29 is 9.52 Å². The quantitative estimate of drug-likeness (QED) is 0.939. The van der Waals surface area contributed by atoms with Crippen molar-refractivity contribution in [3.63, 3.8) is 0 Å². The van der Waals surface area contributed by atoms with Gasteiger partial charge in [0.15, 0.2) is 0 Å². The Morgan fingerprint density at radius 1 is 1.23 bits per heavy atom. The van der Waals surface area contributed by atoms with Gasteiger partial charge in [0.05, 0.1) is 11.9 Å². The van der Waals surface area contributed by atoms with Crippen molar-refractivity contribution >= 4 is 23.4 Å². The van der Waals surface area contributed by atoms with Gasteiger partial charge in [-0.2, -0.15) is 0 Å². The van der Waals surface area contributed by atoms with Crippen molar-refractivity contribution in [1.29, 1.82) is 0 Å². The number of hydrogen-bond donors (Lipinski definition) is 1. The van der Waals surface area contributed by atoms with Crippen LogP contribution >= 0.6 is 12.4 Å². The third kappa shape index (κ3) is 2.03. The topological polar surface area (TPSA) is 36.6 Å². The molecule has 1 N–H and O–H groups in total. The summed E-state index contributed by atoms with van der Waals surface area (Å²) < 4.78 is 5.51. The second kappa shape index (κ2) is 5.26. The van der Waals surface area contributed by atoms with E-state index in [0.29, 0.717) is 0 Å². The largest absolute Gasteiger partial charge is 0.464 e. The van der Waals surface area contributed by atoms with Gasteiger partial charge in [0.1, 0.15) is 5.58 Å². The first-order valence-electron chi connectivity index (χ1n) is 7.92. The predicted octanol–water partition coefficient (Wildman–Crippen LogP) is 3.52. The second-order valence-corrected chi connectivity index (χ2v) is 7.20. The zero-order valence-electron chi connectivity index (χ0n) is 13.3. The molecule has 0 aliphatic heterocycles. The highest BCUT2D eigenvalue weighted by atomic mass is 35.5. The van der Waals surface area contributed by atoms with Gasteiger partial charge in [0, 0.05) is 17.3 Å². The Morgan fingerprint density at radius 3 is 2.64 bits per heavy atom. The molecule has 4 heteroatoms. The van der Waals surface area contributed by atoms with Crippen molar-refractivity contribution in [1.82, 2.24) is 4.90 Å². The molecule has 120 valence electrons. The summed E-state index contributed by atoms with van der Waals surface area (Å²) in [5.74, 6) is 0. The number of halogens is 1. The molecular formula is C18H24ClNO2. The fraction of sp³-hybridized carbons (Fsp3) is 0.556. The highest BCUT2D eigenvalue weighted by Crippen LogP contribution is 2.55. The Hall–Kier alpha value is -1.03. The van der Waals surface area contributed by atoms with E-state index in [1.54, 1.807) is 6.26 Å². The number of likely N-dealkylation sites (N-methyl/N-ethyl adjacent to an activating group) is 1. The van der Waals surface area contributed by atoms with Gasteiger partial charge in [-0.1, -0.05) is 12.8 Å². The van der Waals surface area contributed by atoms with Crippen LogP contribution in [0, 0.1) is 0 Å². The number of furan rings is 1. The van der Waals surface area contributed by atoms with Crippen LogP contribution in [0.5, 0.6) is 0 Å². The normalized spacial score (nSPS) is 25.8. The number of fused-ring (bicyclic) bond motifs is 2. The Kier molecular flexibility index (Phi) is 3.79. The van der Waals surface area contributed by atoms with Crippen molar-refractivity contribution in [2.24, 2.45) is 0 Å². The number of hydrogen-bond acceptors (Lipinski definition) is 3. The first-order chi connectivity index (χ1) is 10.0. The molecule has 1 aromatic carbocycles. The summed E-state index contributed by atoms with van der Waals surface area (Å²) in [6, 6.07) is 6.43. The van der Waals surface area contributed by atoms with Crippen LogP contribution < -0.4 is 0 Å². The molecule has 0 amide bonds. The van der Waals surface area contributed by atoms with Gasteiger partial charge < -0.3 is 14.4 Å². The zero-order chi connectivity index (χ0) is 14.7. The average molecular weight is 322 g/mol. The van der Waals surface area contributed by atoms with Gasteiger partial charge in [0.2, 0.25) is 0 Å². The maximum atomic E-state index is 11.3. The predicted molar refractivity (Wildman–Crippen MR) is 90.8 cm³/mol. The maximum absolute atomic E-state index is 11.3. The zero-order valence-corrected chi connectivity index (χ0v) is 14.1. The van der Waals surface area contributed by atoms with Crippen LogP contribution in [0.25, 0.3) is 11.0 Å². The van der Waals surface area contributed by atoms with Gasteiger partial charge in [-0.05, 0) is 62.7 Å². The van der Waals surface area contributed by atoms with Gasteiger partial charge in [-0.15, -0.1) is 12.4 Å². The summed E-state index contributed by atoms with van der Waals surface area (Å²) in [7, 11) is 4.21. The van der Waals surface area contributed by atoms with Gasteiger partial charge in [-0.3, -0.25) is 0 Å². The minimum Gasteiger partial charge on any atom is -0.464 e. The molecule has 1 aromatic heterocycles. The number of nitrogens with zero attached hydrogens (tertiary/aromatic N) is 1. The molecule has 1 fully saturated rings. The van der Waals surface area contributed by atoms with Crippen LogP contribution in [0.15, 0.2) is 28.9 Å². The molecule has 2 aliphatic carbocycles. The SMILES string of the molecule is CN(C)CC1(C2(O)CCCC2)Cc2cc3occc3cc21.Cl. The van der Waals surface area contributed by atoms with Gasteiger partial charge >= 0.3 is 0 Å². The first kappa shape index (κ1) is 15.9. The van der Waals surface area contributed by atoms with Gasteiger partial charge in [-0.25, -0.2) is 0 Å². The second-order valence-electron chi connectivity index (χ2n) is 7.20. The molecular weight excluding hydrogens is 298 g/mol. The van der Waals surface area contributed by atoms with Crippen molar-refractivity contribution in [3.05, 3.63) is 35.6 Å². The van der Waals surface area contributed by atoms with E-state index >= 15 is 0 Å². The molecule has 0 bridgehead atoms. The third-order valence-electron chi connectivity index (χ3n) is 5.59.